The lowest BCUT2D eigenvalue weighted by molar-refractivity contribution is -0.138. The fraction of sp³-hybridized carbons (Fsp3) is 0.158. The quantitative estimate of drug-likeness (QED) is 0.554. The normalized spacial score (nSPS) is 12.0. The lowest BCUT2D eigenvalue weighted by Gasteiger charge is -2.14. The third-order valence-corrected chi connectivity index (χ3v) is 4.17. The van der Waals surface area contributed by atoms with Crippen molar-refractivity contribution in [2.24, 2.45) is 0 Å². The molecule has 0 atom stereocenters. The summed E-state index contributed by atoms with van der Waals surface area (Å²) in [4.78, 5) is 15.7. The molecule has 30 heavy (non-hydrogen) atoms. The van der Waals surface area contributed by atoms with Crippen molar-refractivity contribution in [3.05, 3.63) is 66.1 Å². The van der Waals surface area contributed by atoms with Crippen LogP contribution in [0.4, 0.5) is 36.8 Å². The van der Waals surface area contributed by atoms with Gasteiger partial charge in [-0.2, -0.15) is 26.3 Å². The van der Waals surface area contributed by atoms with Crippen LogP contribution in [0.3, 0.4) is 0 Å². The summed E-state index contributed by atoms with van der Waals surface area (Å²) in [6.45, 7) is 0. The highest BCUT2D eigenvalue weighted by Gasteiger charge is 2.32. The van der Waals surface area contributed by atoms with Gasteiger partial charge >= 0.3 is 18.4 Å². The van der Waals surface area contributed by atoms with E-state index in [0.717, 1.165) is 30.3 Å². The lowest BCUT2D eigenvalue weighted by Crippen LogP contribution is -2.25. The van der Waals surface area contributed by atoms with Gasteiger partial charge in [-0.05, 0) is 30.3 Å². The van der Waals surface area contributed by atoms with Crippen LogP contribution in [0.15, 0.2) is 55.0 Å². The number of nitrogens with zero attached hydrogens (tertiary/aromatic N) is 2. The Kier molecular flexibility index (Phi) is 5.47. The Morgan fingerprint density at radius 2 is 1.53 bits per heavy atom. The van der Waals surface area contributed by atoms with E-state index < -0.39 is 29.5 Å². The van der Waals surface area contributed by atoms with Crippen LogP contribution in [0.5, 0.6) is 0 Å². The third kappa shape index (κ3) is 4.56. The maximum atomic E-state index is 13.1. The van der Waals surface area contributed by atoms with Gasteiger partial charge in [0.05, 0.1) is 34.5 Å². The van der Waals surface area contributed by atoms with Crippen LogP contribution in [-0.2, 0) is 12.4 Å². The van der Waals surface area contributed by atoms with Crippen molar-refractivity contribution in [1.29, 1.82) is 0 Å². The van der Waals surface area contributed by atoms with E-state index in [2.05, 4.69) is 15.6 Å². The van der Waals surface area contributed by atoms with E-state index in [4.69, 9.17) is 0 Å². The number of hydrogen-bond donors (Lipinski definition) is 2. The first-order valence-electron chi connectivity index (χ1n) is 8.41. The van der Waals surface area contributed by atoms with Crippen LogP contribution in [0, 0.1) is 0 Å². The van der Waals surface area contributed by atoms with E-state index in [1.807, 2.05) is 0 Å². The number of aromatic nitrogens is 2. The summed E-state index contributed by atoms with van der Waals surface area (Å²) in [7, 11) is 1.35. The van der Waals surface area contributed by atoms with E-state index in [-0.39, 0.29) is 17.1 Å². The van der Waals surface area contributed by atoms with Crippen molar-refractivity contribution in [2.75, 3.05) is 12.4 Å². The number of nitrogens with one attached hydrogen (secondary N) is 2. The number of hydrogen-bond acceptors (Lipinski definition) is 2. The molecular weight excluding hydrogens is 414 g/mol. The van der Waals surface area contributed by atoms with Gasteiger partial charge in [-0.15, -0.1) is 0 Å². The monoisotopic (exact) mass is 428 g/mol. The molecule has 2 amide bonds. The van der Waals surface area contributed by atoms with Crippen LogP contribution in [0.2, 0.25) is 0 Å². The number of carbonyl (C=O) groups is 1. The molecule has 0 unspecified atom stereocenters. The molecule has 11 heteroatoms. The highest BCUT2D eigenvalue weighted by atomic mass is 19.4. The van der Waals surface area contributed by atoms with Crippen molar-refractivity contribution in [3.8, 4) is 16.9 Å². The van der Waals surface area contributed by atoms with Crippen LogP contribution >= 0.6 is 0 Å². The molecule has 1 heterocycles. The zero-order valence-electron chi connectivity index (χ0n) is 15.3. The molecule has 3 aromatic rings. The van der Waals surface area contributed by atoms with Crippen molar-refractivity contribution >= 4 is 11.7 Å². The Morgan fingerprint density at radius 1 is 0.933 bits per heavy atom. The predicted octanol–water partition coefficient (Wildman–Crippen LogP) is 5.33. The highest BCUT2D eigenvalue weighted by Crippen LogP contribution is 2.34. The standard InChI is InChI=1S/C19H14F6N4O/c1-26-17(30)28-14-7-6-13(19(23,24)25)8-16(14)29-9-15(27-10-29)11-2-4-12(5-3-11)18(20,21)22/h2-10H,1H3,(H2,26,28,30). The highest BCUT2D eigenvalue weighted by molar-refractivity contribution is 5.91. The van der Waals surface area contributed by atoms with Crippen molar-refractivity contribution in [1.82, 2.24) is 14.9 Å². The summed E-state index contributed by atoms with van der Waals surface area (Å²) in [5.41, 5.74) is -1.12. The molecule has 0 aliphatic carbocycles. The molecule has 5 nitrogen and oxygen atoms in total. The van der Waals surface area contributed by atoms with E-state index >= 15 is 0 Å². The number of imidazole rings is 1. The van der Waals surface area contributed by atoms with E-state index in [1.165, 1.54) is 36.3 Å². The molecule has 0 bridgehead atoms. The maximum Gasteiger partial charge on any atom is 0.416 e. The summed E-state index contributed by atoms with van der Waals surface area (Å²) < 4.78 is 78.8. The number of halogens is 6. The Bertz CT molecular complexity index is 1050. The predicted molar refractivity (Wildman–Crippen MR) is 97.1 cm³/mol. The Labute approximate surface area is 166 Å². The fourth-order valence-electron chi connectivity index (χ4n) is 2.65. The van der Waals surface area contributed by atoms with Gasteiger partial charge in [0.1, 0.15) is 0 Å². The van der Waals surface area contributed by atoms with Crippen molar-refractivity contribution < 1.29 is 31.1 Å². The van der Waals surface area contributed by atoms with Gasteiger partial charge in [-0.1, -0.05) is 12.1 Å². The molecule has 2 N–H and O–H groups in total. The van der Waals surface area contributed by atoms with Crippen LogP contribution in [0.25, 0.3) is 16.9 Å². The van der Waals surface area contributed by atoms with E-state index in [1.54, 1.807) is 0 Å². The van der Waals surface area contributed by atoms with Gasteiger partial charge in [-0.3, -0.25) is 0 Å². The molecule has 1 aromatic heterocycles. The maximum absolute atomic E-state index is 13.1. The van der Waals surface area contributed by atoms with Gasteiger partial charge in [0.2, 0.25) is 0 Å². The number of benzene rings is 2. The second-order valence-corrected chi connectivity index (χ2v) is 6.18. The van der Waals surface area contributed by atoms with Gasteiger partial charge in [-0.25, -0.2) is 9.78 Å². The second kappa shape index (κ2) is 7.73. The molecule has 0 aliphatic rings. The molecule has 0 aliphatic heterocycles. The zero-order valence-corrected chi connectivity index (χ0v) is 15.3. The fourth-order valence-corrected chi connectivity index (χ4v) is 2.65. The van der Waals surface area contributed by atoms with Gasteiger partial charge in [0.15, 0.2) is 0 Å². The lowest BCUT2D eigenvalue weighted by atomic mass is 10.1. The first-order valence-corrected chi connectivity index (χ1v) is 8.41. The number of anilines is 1. The number of urea groups is 1. The molecule has 3 rings (SSSR count). The number of alkyl halides is 6. The smallest absolute Gasteiger partial charge is 0.341 e. The van der Waals surface area contributed by atoms with Crippen LogP contribution in [0.1, 0.15) is 11.1 Å². The summed E-state index contributed by atoms with van der Waals surface area (Å²) in [6, 6.07) is 6.32. The SMILES string of the molecule is CNC(=O)Nc1ccc(C(F)(F)F)cc1-n1cnc(-c2ccc(C(F)(F)F)cc2)c1. The minimum absolute atomic E-state index is 0.0147. The average Bonchev–Trinajstić information content (AvgIpc) is 3.16. The average molecular weight is 428 g/mol. The summed E-state index contributed by atoms with van der Waals surface area (Å²) in [5.74, 6) is 0. The molecule has 0 fully saturated rings. The Balaban J connectivity index is 2.01. The minimum Gasteiger partial charge on any atom is -0.341 e. The molecule has 0 radical (unpaired) electrons. The largest absolute Gasteiger partial charge is 0.416 e. The second-order valence-electron chi connectivity index (χ2n) is 6.18. The Hall–Kier alpha value is -3.50. The van der Waals surface area contributed by atoms with Crippen LogP contribution in [-0.4, -0.2) is 22.6 Å². The number of amides is 2. The number of carbonyl (C=O) groups excluding carboxylic acids is 1. The first kappa shape index (κ1) is 21.2. The first-order chi connectivity index (χ1) is 14.0. The molecular formula is C19H14F6N4O. The van der Waals surface area contributed by atoms with E-state index in [9.17, 15) is 31.1 Å². The molecule has 0 saturated heterocycles. The number of rotatable bonds is 3. The third-order valence-electron chi connectivity index (χ3n) is 4.17. The van der Waals surface area contributed by atoms with E-state index in [0.29, 0.717) is 5.56 Å². The van der Waals surface area contributed by atoms with Crippen molar-refractivity contribution in [2.45, 2.75) is 12.4 Å². The molecule has 0 spiro atoms. The topological polar surface area (TPSA) is 59.0 Å². The van der Waals surface area contributed by atoms with Crippen molar-refractivity contribution in [3.63, 3.8) is 0 Å². The Morgan fingerprint density at radius 3 is 2.10 bits per heavy atom. The molecule has 2 aromatic carbocycles. The van der Waals surface area contributed by atoms with Crippen LogP contribution < -0.4 is 10.6 Å². The molecule has 0 saturated carbocycles. The molecule has 158 valence electrons. The summed E-state index contributed by atoms with van der Waals surface area (Å²) in [5, 5.41) is 4.72. The van der Waals surface area contributed by atoms with Gasteiger partial charge in [0, 0.05) is 18.8 Å². The summed E-state index contributed by atoms with van der Waals surface area (Å²) in [6.07, 6.45) is -6.54. The van der Waals surface area contributed by atoms with Gasteiger partial charge < -0.3 is 15.2 Å². The zero-order chi connectivity index (χ0) is 22.1. The minimum atomic E-state index is -4.61. The van der Waals surface area contributed by atoms with Gasteiger partial charge in [0.25, 0.3) is 0 Å². The summed E-state index contributed by atoms with van der Waals surface area (Å²) >= 11 is 0.